The fraction of sp³-hybridized carbons (Fsp3) is 0.867. The average Bonchev–Trinajstić information content (AvgIpc) is 2.93. The van der Waals surface area contributed by atoms with Gasteiger partial charge in [0.15, 0.2) is 5.82 Å². The third kappa shape index (κ3) is 3.78. The van der Waals surface area contributed by atoms with Gasteiger partial charge in [0.1, 0.15) is 0 Å². The topological polar surface area (TPSA) is 64.9 Å². The van der Waals surface area contributed by atoms with Gasteiger partial charge in [-0.2, -0.15) is 4.98 Å². The predicted octanol–water partition coefficient (Wildman–Crippen LogP) is 3.28. The molecule has 1 aromatic rings. The number of nitrogens with zero attached hydrogens (tertiary/aromatic N) is 2. The maximum Gasteiger partial charge on any atom is 0.226 e. The Morgan fingerprint density at radius 2 is 2.21 bits per heavy atom. The Morgan fingerprint density at radius 3 is 2.89 bits per heavy atom. The first kappa shape index (κ1) is 14.5. The van der Waals surface area contributed by atoms with Gasteiger partial charge in [-0.1, -0.05) is 44.7 Å². The standard InChI is InChI=1S/C15H27N3O/c1-3-11-6-5-7-13(8-11)15-17-14(19-18-15)9-12(4-2)10-16/h11-13H,3-10,16H2,1-2H3. The van der Waals surface area contributed by atoms with E-state index < -0.39 is 0 Å². The first-order valence-electron chi connectivity index (χ1n) is 7.79. The van der Waals surface area contributed by atoms with Crippen LogP contribution >= 0.6 is 0 Å². The molecule has 1 fully saturated rings. The largest absolute Gasteiger partial charge is 0.339 e. The van der Waals surface area contributed by atoms with Crippen molar-refractivity contribution in [2.75, 3.05) is 6.54 Å². The summed E-state index contributed by atoms with van der Waals surface area (Å²) in [5.74, 6) is 3.51. The average molecular weight is 265 g/mol. The highest BCUT2D eigenvalue weighted by Crippen LogP contribution is 2.36. The van der Waals surface area contributed by atoms with Gasteiger partial charge in [-0.05, 0) is 31.2 Å². The van der Waals surface area contributed by atoms with Crippen molar-refractivity contribution in [2.45, 2.75) is 64.7 Å². The van der Waals surface area contributed by atoms with E-state index in [4.69, 9.17) is 10.3 Å². The number of aromatic nitrogens is 2. The minimum absolute atomic E-state index is 0.461. The van der Waals surface area contributed by atoms with Crippen molar-refractivity contribution in [3.05, 3.63) is 11.7 Å². The molecule has 1 aliphatic carbocycles. The van der Waals surface area contributed by atoms with Crippen LogP contribution in [-0.2, 0) is 6.42 Å². The van der Waals surface area contributed by atoms with E-state index in [1.807, 2.05) is 0 Å². The molecule has 0 aromatic carbocycles. The Morgan fingerprint density at radius 1 is 1.37 bits per heavy atom. The summed E-state index contributed by atoms with van der Waals surface area (Å²) in [5, 5.41) is 4.20. The van der Waals surface area contributed by atoms with Crippen LogP contribution in [0.2, 0.25) is 0 Å². The van der Waals surface area contributed by atoms with Gasteiger partial charge in [0.2, 0.25) is 5.89 Å². The van der Waals surface area contributed by atoms with Gasteiger partial charge in [-0.15, -0.1) is 0 Å². The lowest BCUT2D eigenvalue weighted by molar-refractivity contribution is 0.296. The molecule has 2 N–H and O–H groups in total. The molecule has 2 rings (SSSR count). The molecule has 4 heteroatoms. The summed E-state index contributed by atoms with van der Waals surface area (Å²) in [6.07, 6.45) is 8.26. The number of hydrogen-bond donors (Lipinski definition) is 1. The minimum atomic E-state index is 0.461. The van der Waals surface area contributed by atoms with Crippen LogP contribution in [0.15, 0.2) is 4.52 Å². The van der Waals surface area contributed by atoms with Crippen LogP contribution in [0.3, 0.4) is 0 Å². The van der Waals surface area contributed by atoms with Crippen LogP contribution in [0.25, 0.3) is 0 Å². The molecular formula is C15H27N3O. The molecule has 0 spiro atoms. The van der Waals surface area contributed by atoms with Gasteiger partial charge in [-0.3, -0.25) is 0 Å². The van der Waals surface area contributed by atoms with Crippen molar-refractivity contribution >= 4 is 0 Å². The van der Waals surface area contributed by atoms with E-state index in [0.29, 0.717) is 18.4 Å². The molecular weight excluding hydrogens is 238 g/mol. The van der Waals surface area contributed by atoms with Gasteiger partial charge >= 0.3 is 0 Å². The fourth-order valence-corrected chi connectivity index (χ4v) is 3.05. The number of hydrogen-bond acceptors (Lipinski definition) is 4. The van der Waals surface area contributed by atoms with Crippen LogP contribution in [0, 0.1) is 11.8 Å². The summed E-state index contributed by atoms with van der Waals surface area (Å²) < 4.78 is 5.40. The summed E-state index contributed by atoms with van der Waals surface area (Å²) in [5.41, 5.74) is 5.73. The molecule has 1 aliphatic rings. The molecule has 19 heavy (non-hydrogen) atoms. The highest BCUT2D eigenvalue weighted by atomic mass is 16.5. The second-order valence-electron chi connectivity index (χ2n) is 5.90. The lowest BCUT2D eigenvalue weighted by atomic mass is 9.80. The Kier molecular flexibility index (Phi) is 5.37. The van der Waals surface area contributed by atoms with E-state index in [9.17, 15) is 0 Å². The molecule has 0 amide bonds. The molecule has 3 unspecified atom stereocenters. The van der Waals surface area contributed by atoms with Crippen molar-refractivity contribution in [1.82, 2.24) is 10.1 Å². The fourth-order valence-electron chi connectivity index (χ4n) is 3.05. The Bertz CT molecular complexity index is 373. The molecule has 3 atom stereocenters. The summed E-state index contributed by atoms with van der Waals surface area (Å²) in [4.78, 5) is 4.61. The lowest BCUT2D eigenvalue weighted by Gasteiger charge is -2.26. The summed E-state index contributed by atoms with van der Waals surface area (Å²) in [7, 11) is 0. The first-order chi connectivity index (χ1) is 9.26. The van der Waals surface area contributed by atoms with Crippen molar-refractivity contribution in [2.24, 2.45) is 17.6 Å². The quantitative estimate of drug-likeness (QED) is 0.857. The van der Waals surface area contributed by atoms with Crippen LogP contribution in [0.1, 0.15) is 70.0 Å². The van der Waals surface area contributed by atoms with Gasteiger partial charge < -0.3 is 10.3 Å². The Hall–Kier alpha value is -0.900. The molecule has 0 aliphatic heterocycles. The molecule has 4 nitrogen and oxygen atoms in total. The third-order valence-corrected chi connectivity index (χ3v) is 4.58. The van der Waals surface area contributed by atoms with Crippen molar-refractivity contribution in [1.29, 1.82) is 0 Å². The number of rotatable bonds is 6. The van der Waals surface area contributed by atoms with Gasteiger partial charge in [0.05, 0.1) is 0 Å². The van der Waals surface area contributed by atoms with Gasteiger partial charge in [0, 0.05) is 12.3 Å². The van der Waals surface area contributed by atoms with Crippen LogP contribution in [-0.4, -0.2) is 16.7 Å². The molecule has 1 saturated carbocycles. The maximum atomic E-state index is 5.73. The molecule has 0 saturated heterocycles. The normalized spacial score (nSPS) is 25.4. The SMILES string of the molecule is CCC(CN)Cc1nc(C2CCCC(CC)C2)no1. The van der Waals surface area contributed by atoms with E-state index >= 15 is 0 Å². The lowest BCUT2D eigenvalue weighted by Crippen LogP contribution is -2.16. The smallest absolute Gasteiger partial charge is 0.226 e. The van der Waals surface area contributed by atoms with Gasteiger partial charge in [0.25, 0.3) is 0 Å². The highest BCUT2D eigenvalue weighted by Gasteiger charge is 2.26. The van der Waals surface area contributed by atoms with Crippen molar-refractivity contribution in [3.8, 4) is 0 Å². The van der Waals surface area contributed by atoms with Crippen molar-refractivity contribution in [3.63, 3.8) is 0 Å². The van der Waals surface area contributed by atoms with E-state index in [1.165, 1.54) is 32.1 Å². The van der Waals surface area contributed by atoms with Crippen LogP contribution in [0.5, 0.6) is 0 Å². The maximum absolute atomic E-state index is 5.73. The monoisotopic (exact) mass is 265 g/mol. The van der Waals surface area contributed by atoms with E-state index in [-0.39, 0.29) is 0 Å². The first-order valence-corrected chi connectivity index (χ1v) is 7.79. The number of nitrogens with two attached hydrogens (primary N) is 1. The Balaban J connectivity index is 1.96. The van der Waals surface area contributed by atoms with E-state index in [2.05, 4.69) is 24.0 Å². The van der Waals surface area contributed by atoms with E-state index in [1.54, 1.807) is 0 Å². The second kappa shape index (κ2) is 7.04. The second-order valence-corrected chi connectivity index (χ2v) is 5.90. The summed E-state index contributed by atoms with van der Waals surface area (Å²) in [6.45, 7) is 5.12. The van der Waals surface area contributed by atoms with Crippen LogP contribution < -0.4 is 5.73 Å². The zero-order valence-electron chi connectivity index (χ0n) is 12.3. The summed E-state index contributed by atoms with van der Waals surface area (Å²) in [6, 6.07) is 0. The van der Waals surface area contributed by atoms with Gasteiger partial charge in [-0.25, -0.2) is 0 Å². The molecule has 0 radical (unpaired) electrons. The highest BCUT2D eigenvalue weighted by molar-refractivity contribution is 4.98. The molecule has 108 valence electrons. The molecule has 0 bridgehead atoms. The molecule has 1 heterocycles. The molecule has 1 aromatic heterocycles. The minimum Gasteiger partial charge on any atom is -0.339 e. The van der Waals surface area contributed by atoms with Crippen LogP contribution in [0.4, 0.5) is 0 Å². The zero-order valence-corrected chi connectivity index (χ0v) is 12.3. The van der Waals surface area contributed by atoms with Crippen molar-refractivity contribution < 1.29 is 4.52 Å². The summed E-state index contributed by atoms with van der Waals surface area (Å²) >= 11 is 0. The predicted molar refractivity (Wildman–Crippen MR) is 75.8 cm³/mol. The van der Waals surface area contributed by atoms with E-state index in [0.717, 1.165) is 30.5 Å². The zero-order chi connectivity index (χ0) is 13.7. The Labute approximate surface area is 116 Å². The third-order valence-electron chi connectivity index (χ3n) is 4.58.